The van der Waals surface area contributed by atoms with Crippen LogP contribution in [0, 0.1) is 6.92 Å². The summed E-state index contributed by atoms with van der Waals surface area (Å²) < 4.78 is 29.8. The molecule has 0 aromatic heterocycles. The summed E-state index contributed by atoms with van der Waals surface area (Å²) in [4.78, 5) is 0.202. The summed E-state index contributed by atoms with van der Waals surface area (Å²) in [6.07, 6.45) is 0. The fraction of sp³-hybridized carbons (Fsp3) is 0.188. The zero-order chi connectivity index (χ0) is 16.2. The molecule has 1 N–H and O–H groups in total. The van der Waals surface area contributed by atoms with Crippen LogP contribution in [0.1, 0.15) is 11.1 Å². The molecule has 2 aromatic rings. The summed E-state index contributed by atoms with van der Waals surface area (Å²) in [5, 5.41) is 12.3. The van der Waals surface area contributed by atoms with Gasteiger partial charge >= 0.3 is 0 Å². The quantitative estimate of drug-likeness (QED) is 0.522. The van der Waals surface area contributed by atoms with E-state index >= 15 is 0 Å². The molecule has 5 nitrogen and oxygen atoms in total. The number of methoxy groups -OCH3 is 1. The van der Waals surface area contributed by atoms with Crippen molar-refractivity contribution in [1.82, 2.24) is 0 Å². The maximum Gasteiger partial charge on any atom is 0.184 e. The average molecular weight is 319 g/mol. The van der Waals surface area contributed by atoms with Gasteiger partial charge in [0, 0.05) is 5.56 Å². The average Bonchev–Trinajstić information content (AvgIpc) is 2.53. The molecule has 116 valence electrons. The summed E-state index contributed by atoms with van der Waals surface area (Å²) in [5.74, 6) is 0.265. The van der Waals surface area contributed by atoms with Crippen LogP contribution in [0.3, 0.4) is 0 Å². The highest BCUT2D eigenvalue weighted by Crippen LogP contribution is 2.16. The Bertz CT molecular complexity index is 763. The second-order valence-corrected chi connectivity index (χ2v) is 6.84. The highest BCUT2D eigenvalue weighted by Gasteiger charge is 2.19. The van der Waals surface area contributed by atoms with Gasteiger partial charge in [0.1, 0.15) is 17.2 Å². The number of oxime groups is 1. The van der Waals surface area contributed by atoms with Crippen LogP contribution in [0.2, 0.25) is 0 Å². The number of aryl methyl sites for hydroxylation is 1. The van der Waals surface area contributed by atoms with Crippen LogP contribution < -0.4 is 4.74 Å². The lowest BCUT2D eigenvalue weighted by atomic mass is 10.1. The van der Waals surface area contributed by atoms with E-state index in [1.54, 1.807) is 48.5 Å². The first-order valence-corrected chi connectivity index (χ1v) is 8.26. The van der Waals surface area contributed by atoms with Crippen LogP contribution in [-0.2, 0) is 9.84 Å². The van der Waals surface area contributed by atoms with Gasteiger partial charge in [-0.2, -0.15) is 0 Å². The first-order valence-electron chi connectivity index (χ1n) is 6.61. The van der Waals surface area contributed by atoms with E-state index in [4.69, 9.17) is 9.94 Å². The number of hydrogen-bond acceptors (Lipinski definition) is 5. The molecule has 0 fully saturated rings. The number of sulfone groups is 1. The van der Waals surface area contributed by atoms with E-state index in [2.05, 4.69) is 5.16 Å². The Morgan fingerprint density at radius 1 is 1.09 bits per heavy atom. The molecule has 0 aliphatic carbocycles. The van der Waals surface area contributed by atoms with Crippen molar-refractivity contribution < 1.29 is 18.4 Å². The predicted octanol–water partition coefficient (Wildman–Crippen LogP) is 2.66. The Balaban J connectivity index is 2.27. The number of hydrogen-bond donors (Lipinski definition) is 1. The number of benzene rings is 2. The van der Waals surface area contributed by atoms with Crippen LogP contribution in [0.4, 0.5) is 0 Å². The van der Waals surface area contributed by atoms with Crippen molar-refractivity contribution in [2.24, 2.45) is 5.16 Å². The molecule has 0 heterocycles. The molecule has 2 rings (SSSR count). The molecule has 2 aromatic carbocycles. The highest BCUT2D eigenvalue weighted by molar-refractivity contribution is 7.92. The molecule has 0 bridgehead atoms. The Labute approximate surface area is 129 Å². The molecule has 0 saturated carbocycles. The second-order valence-electron chi connectivity index (χ2n) is 4.85. The highest BCUT2D eigenvalue weighted by atomic mass is 32.2. The van der Waals surface area contributed by atoms with Gasteiger partial charge < -0.3 is 9.94 Å². The standard InChI is InChI=1S/C16H17NO4S/c1-12-3-9-15(10-4-12)22(19,20)11-16(17-18)13-5-7-14(21-2)8-6-13/h3-10,18H,11H2,1-2H3/b17-16+. The fourth-order valence-corrected chi connectivity index (χ4v) is 3.26. The largest absolute Gasteiger partial charge is 0.497 e. The van der Waals surface area contributed by atoms with E-state index in [9.17, 15) is 8.42 Å². The summed E-state index contributed by atoms with van der Waals surface area (Å²) in [5.41, 5.74) is 1.59. The first kappa shape index (κ1) is 16.0. The number of ether oxygens (including phenoxy) is 1. The molecule has 0 radical (unpaired) electrons. The van der Waals surface area contributed by atoms with E-state index in [1.807, 2.05) is 6.92 Å². The van der Waals surface area contributed by atoms with E-state index in [0.29, 0.717) is 11.3 Å². The Morgan fingerprint density at radius 3 is 2.18 bits per heavy atom. The van der Waals surface area contributed by atoms with Crippen molar-refractivity contribution in [3.05, 3.63) is 59.7 Å². The SMILES string of the molecule is COc1ccc(/C(CS(=O)(=O)c2ccc(C)cc2)=N/O)cc1. The Hall–Kier alpha value is -2.34. The third-order valence-corrected chi connectivity index (χ3v) is 4.89. The molecule has 0 atom stereocenters. The van der Waals surface area contributed by atoms with Crippen LogP contribution in [-0.4, -0.2) is 32.2 Å². The molecule has 0 unspecified atom stereocenters. The predicted molar refractivity (Wildman–Crippen MR) is 84.5 cm³/mol. The maximum absolute atomic E-state index is 12.4. The Morgan fingerprint density at radius 2 is 1.68 bits per heavy atom. The van der Waals surface area contributed by atoms with Crippen molar-refractivity contribution in [2.45, 2.75) is 11.8 Å². The second kappa shape index (κ2) is 6.62. The number of nitrogens with zero attached hydrogens (tertiary/aromatic N) is 1. The zero-order valence-corrected chi connectivity index (χ0v) is 13.2. The van der Waals surface area contributed by atoms with Gasteiger partial charge in [0.05, 0.1) is 12.0 Å². The van der Waals surface area contributed by atoms with Gasteiger partial charge in [-0.05, 0) is 43.3 Å². The fourth-order valence-electron chi connectivity index (χ4n) is 1.96. The van der Waals surface area contributed by atoms with E-state index in [1.165, 1.54) is 7.11 Å². The molecule has 0 aliphatic rings. The summed E-state index contributed by atoms with van der Waals surface area (Å²) in [6.45, 7) is 1.88. The molecule has 22 heavy (non-hydrogen) atoms. The minimum atomic E-state index is -3.57. The van der Waals surface area contributed by atoms with Crippen molar-refractivity contribution in [1.29, 1.82) is 0 Å². The number of rotatable bonds is 5. The first-order chi connectivity index (χ1) is 10.5. The lowest BCUT2D eigenvalue weighted by molar-refractivity contribution is 0.319. The van der Waals surface area contributed by atoms with E-state index in [0.717, 1.165) is 5.56 Å². The smallest absolute Gasteiger partial charge is 0.184 e. The van der Waals surface area contributed by atoms with Crippen LogP contribution in [0.5, 0.6) is 5.75 Å². The molecule has 0 aliphatic heterocycles. The zero-order valence-electron chi connectivity index (χ0n) is 12.4. The van der Waals surface area contributed by atoms with Gasteiger partial charge in [0.15, 0.2) is 9.84 Å². The summed E-state index contributed by atoms with van der Waals surface area (Å²) in [7, 11) is -2.03. The van der Waals surface area contributed by atoms with Crippen molar-refractivity contribution in [3.8, 4) is 5.75 Å². The third kappa shape index (κ3) is 3.65. The van der Waals surface area contributed by atoms with Gasteiger partial charge in [-0.1, -0.05) is 22.9 Å². The van der Waals surface area contributed by atoms with Crippen molar-refractivity contribution in [3.63, 3.8) is 0 Å². The molecular weight excluding hydrogens is 302 g/mol. The van der Waals surface area contributed by atoms with Gasteiger partial charge in [0.25, 0.3) is 0 Å². The van der Waals surface area contributed by atoms with Gasteiger partial charge in [-0.3, -0.25) is 0 Å². The van der Waals surface area contributed by atoms with Gasteiger partial charge in [-0.25, -0.2) is 8.42 Å². The molecule has 0 saturated heterocycles. The Kier molecular flexibility index (Phi) is 4.82. The molecule has 0 amide bonds. The third-order valence-electron chi connectivity index (χ3n) is 3.25. The lowest BCUT2D eigenvalue weighted by Crippen LogP contribution is -2.17. The van der Waals surface area contributed by atoms with Gasteiger partial charge in [-0.15, -0.1) is 0 Å². The van der Waals surface area contributed by atoms with Crippen molar-refractivity contribution >= 4 is 15.5 Å². The van der Waals surface area contributed by atoms with Crippen LogP contribution >= 0.6 is 0 Å². The molecule has 6 heteroatoms. The topological polar surface area (TPSA) is 76.0 Å². The van der Waals surface area contributed by atoms with Crippen molar-refractivity contribution in [2.75, 3.05) is 12.9 Å². The normalized spacial score (nSPS) is 12.2. The molecular formula is C16H17NO4S. The maximum atomic E-state index is 12.4. The lowest BCUT2D eigenvalue weighted by Gasteiger charge is -2.08. The summed E-state index contributed by atoms with van der Waals surface area (Å²) in [6, 6.07) is 13.2. The minimum Gasteiger partial charge on any atom is -0.497 e. The monoisotopic (exact) mass is 319 g/mol. The molecule has 0 spiro atoms. The summed E-state index contributed by atoms with van der Waals surface area (Å²) >= 11 is 0. The van der Waals surface area contributed by atoms with Crippen LogP contribution in [0.25, 0.3) is 0 Å². The van der Waals surface area contributed by atoms with Crippen LogP contribution in [0.15, 0.2) is 58.6 Å². The van der Waals surface area contributed by atoms with Gasteiger partial charge in [0.2, 0.25) is 0 Å². The van der Waals surface area contributed by atoms with E-state index in [-0.39, 0.29) is 16.4 Å². The van der Waals surface area contributed by atoms with E-state index < -0.39 is 9.84 Å². The minimum absolute atomic E-state index is 0.0863.